The molecule has 0 radical (unpaired) electrons. The van der Waals surface area contributed by atoms with Crippen molar-refractivity contribution in [1.29, 1.82) is 0 Å². The molecule has 1 aromatic heterocycles. The number of carbonyl (C=O) groups excluding carboxylic acids is 2. The van der Waals surface area contributed by atoms with E-state index in [9.17, 15) is 14.7 Å². The number of ketones is 1. The second kappa shape index (κ2) is 13.5. The Morgan fingerprint density at radius 1 is 0.930 bits per heavy atom. The van der Waals surface area contributed by atoms with Crippen molar-refractivity contribution in [3.05, 3.63) is 82.4 Å². The van der Waals surface area contributed by atoms with Crippen molar-refractivity contribution in [2.24, 2.45) is 0 Å². The topological polar surface area (TPSA) is 98.2 Å². The number of rotatable bonds is 12. The number of ether oxygens (including phenoxy) is 3. The fourth-order valence-corrected chi connectivity index (χ4v) is 6.10. The zero-order valence-corrected chi connectivity index (χ0v) is 25.8. The summed E-state index contributed by atoms with van der Waals surface area (Å²) in [6.07, 6.45) is 2.72. The Morgan fingerprint density at radius 2 is 1.72 bits per heavy atom. The van der Waals surface area contributed by atoms with E-state index in [1.54, 1.807) is 60.7 Å². The van der Waals surface area contributed by atoms with E-state index < -0.39 is 17.7 Å². The molecular formula is C33H33ClN2O6S. The highest BCUT2D eigenvalue weighted by Crippen LogP contribution is 2.46. The maximum Gasteiger partial charge on any atom is 0.301 e. The summed E-state index contributed by atoms with van der Waals surface area (Å²) >= 11 is 7.46. The number of hydrogen-bond acceptors (Lipinski definition) is 8. The summed E-state index contributed by atoms with van der Waals surface area (Å²) in [6.45, 7) is 7.44. The van der Waals surface area contributed by atoms with Gasteiger partial charge < -0.3 is 19.3 Å². The Bertz CT molecular complexity index is 1670. The number of fused-ring (bicyclic) bond motifs is 1. The molecule has 8 nitrogen and oxygen atoms in total. The lowest BCUT2D eigenvalue weighted by Gasteiger charge is -2.24. The molecule has 1 saturated heterocycles. The first kappa shape index (κ1) is 30.4. The lowest BCUT2D eigenvalue weighted by atomic mass is 9.95. The Hall–Kier alpha value is -4.08. The third kappa shape index (κ3) is 6.33. The van der Waals surface area contributed by atoms with Crippen LogP contribution in [-0.2, 0) is 9.59 Å². The minimum absolute atomic E-state index is 0.0494. The molecule has 224 valence electrons. The van der Waals surface area contributed by atoms with Crippen molar-refractivity contribution in [3.63, 3.8) is 0 Å². The Balaban J connectivity index is 1.65. The SMILES string of the molecule is CCCCOc1ccc(C2C(=C(O)c3ccc(OCCC)cc3)C(=O)C(=O)N2c2nc3ccc(Cl)cc3s2)cc1OCC. The van der Waals surface area contributed by atoms with E-state index >= 15 is 0 Å². The quantitative estimate of drug-likeness (QED) is 0.0743. The minimum atomic E-state index is -0.976. The normalized spacial score (nSPS) is 16.2. The number of nitrogens with zero attached hydrogens (tertiary/aromatic N) is 2. The summed E-state index contributed by atoms with van der Waals surface area (Å²) in [7, 11) is 0. The van der Waals surface area contributed by atoms with Crippen LogP contribution < -0.4 is 19.1 Å². The molecule has 5 rings (SSSR count). The summed E-state index contributed by atoms with van der Waals surface area (Å²) in [5.41, 5.74) is 1.54. The molecule has 1 amide bonds. The highest BCUT2D eigenvalue weighted by Gasteiger charge is 2.48. The van der Waals surface area contributed by atoms with E-state index in [4.69, 9.17) is 25.8 Å². The van der Waals surface area contributed by atoms with E-state index in [1.165, 1.54) is 16.2 Å². The largest absolute Gasteiger partial charge is 0.507 e. The number of aliphatic hydroxyl groups is 1. The molecular weight excluding hydrogens is 588 g/mol. The lowest BCUT2D eigenvalue weighted by Crippen LogP contribution is -2.29. The van der Waals surface area contributed by atoms with Crippen LogP contribution in [0.3, 0.4) is 0 Å². The van der Waals surface area contributed by atoms with Gasteiger partial charge in [0, 0.05) is 10.6 Å². The third-order valence-corrected chi connectivity index (χ3v) is 8.18. The van der Waals surface area contributed by atoms with Crippen LogP contribution in [0.25, 0.3) is 16.0 Å². The molecule has 0 bridgehead atoms. The highest BCUT2D eigenvalue weighted by molar-refractivity contribution is 7.22. The number of hydrogen-bond donors (Lipinski definition) is 1. The van der Waals surface area contributed by atoms with Gasteiger partial charge in [-0.15, -0.1) is 0 Å². The monoisotopic (exact) mass is 620 g/mol. The Morgan fingerprint density at radius 3 is 2.44 bits per heavy atom. The number of aromatic nitrogens is 1. The van der Waals surface area contributed by atoms with Gasteiger partial charge in [-0.2, -0.15) is 0 Å². The van der Waals surface area contributed by atoms with Crippen LogP contribution in [0.15, 0.2) is 66.2 Å². The van der Waals surface area contributed by atoms with Crippen LogP contribution in [0.5, 0.6) is 17.2 Å². The van der Waals surface area contributed by atoms with E-state index in [0.717, 1.165) is 24.0 Å². The number of amides is 1. The number of anilines is 1. The maximum absolute atomic E-state index is 13.7. The second-order valence-corrected chi connectivity index (χ2v) is 11.4. The summed E-state index contributed by atoms with van der Waals surface area (Å²) in [6, 6.07) is 16.4. The van der Waals surface area contributed by atoms with Gasteiger partial charge in [0.05, 0.1) is 41.7 Å². The van der Waals surface area contributed by atoms with Crippen LogP contribution in [0.2, 0.25) is 5.02 Å². The van der Waals surface area contributed by atoms with Gasteiger partial charge in [-0.3, -0.25) is 14.5 Å². The number of thiazole rings is 1. The van der Waals surface area contributed by atoms with Gasteiger partial charge in [0.15, 0.2) is 16.6 Å². The number of benzene rings is 3. The first-order valence-corrected chi connectivity index (χ1v) is 15.6. The van der Waals surface area contributed by atoms with Crippen LogP contribution >= 0.6 is 22.9 Å². The predicted octanol–water partition coefficient (Wildman–Crippen LogP) is 7.94. The molecule has 0 saturated carbocycles. The number of aliphatic hydroxyl groups excluding tert-OH is 1. The van der Waals surface area contributed by atoms with Crippen molar-refractivity contribution >= 4 is 55.7 Å². The standard InChI is InChI=1S/C33H33ClN2O6S/c1-4-7-17-42-25-15-10-21(18-26(25)40-6-3)29-28(30(37)20-8-12-23(13-9-20)41-16-5-2)31(38)32(39)36(29)33-35-24-14-11-22(34)19-27(24)43-33/h8-15,18-19,29,37H,4-7,16-17H2,1-3H3. The molecule has 4 aromatic rings. The zero-order valence-electron chi connectivity index (χ0n) is 24.3. The Kier molecular flexibility index (Phi) is 9.52. The molecule has 2 heterocycles. The maximum atomic E-state index is 13.7. The molecule has 1 atom stereocenters. The van der Waals surface area contributed by atoms with Crippen molar-refractivity contribution < 1.29 is 28.9 Å². The number of unbranched alkanes of at least 4 members (excludes halogenated alkanes) is 1. The van der Waals surface area contributed by atoms with Crippen molar-refractivity contribution in [1.82, 2.24) is 4.98 Å². The average molecular weight is 621 g/mol. The lowest BCUT2D eigenvalue weighted by molar-refractivity contribution is -0.132. The van der Waals surface area contributed by atoms with Gasteiger partial charge in [-0.05, 0) is 79.9 Å². The van der Waals surface area contributed by atoms with E-state index in [2.05, 4.69) is 11.9 Å². The molecule has 1 unspecified atom stereocenters. The first-order valence-electron chi connectivity index (χ1n) is 14.4. The van der Waals surface area contributed by atoms with Crippen LogP contribution in [0.1, 0.15) is 57.2 Å². The summed E-state index contributed by atoms with van der Waals surface area (Å²) in [4.78, 5) is 33.4. The van der Waals surface area contributed by atoms with E-state index in [-0.39, 0.29) is 11.3 Å². The first-order chi connectivity index (χ1) is 20.9. The zero-order chi connectivity index (χ0) is 30.5. The van der Waals surface area contributed by atoms with Gasteiger partial charge in [-0.1, -0.05) is 49.3 Å². The minimum Gasteiger partial charge on any atom is -0.507 e. The summed E-state index contributed by atoms with van der Waals surface area (Å²) in [5, 5.41) is 12.4. The highest BCUT2D eigenvalue weighted by atomic mass is 35.5. The van der Waals surface area contributed by atoms with Gasteiger partial charge >= 0.3 is 5.91 Å². The molecule has 1 fully saturated rings. The number of halogens is 1. The average Bonchev–Trinajstić information content (AvgIpc) is 3.54. The fourth-order valence-electron chi connectivity index (χ4n) is 4.83. The molecule has 0 aliphatic carbocycles. The van der Waals surface area contributed by atoms with Crippen LogP contribution in [0.4, 0.5) is 5.13 Å². The van der Waals surface area contributed by atoms with Gasteiger partial charge in [0.2, 0.25) is 0 Å². The van der Waals surface area contributed by atoms with Crippen molar-refractivity contribution in [2.45, 2.75) is 46.1 Å². The van der Waals surface area contributed by atoms with Crippen LogP contribution in [-0.4, -0.2) is 41.6 Å². The van der Waals surface area contributed by atoms with Gasteiger partial charge in [0.25, 0.3) is 5.78 Å². The molecule has 3 aromatic carbocycles. The molecule has 1 N–H and O–H groups in total. The molecule has 0 spiro atoms. The molecule has 10 heteroatoms. The smallest absolute Gasteiger partial charge is 0.301 e. The van der Waals surface area contributed by atoms with Crippen molar-refractivity contribution in [2.75, 3.05) is 24.7 Å². The predicted molar refractivity (Wildman–Crippen MR) is 170 cm³/mol. The molecule has 43 heavy (non-hydrogen) atoms. The number of Topliss-reactive ketones (excluding diaryl/α,β-unsaturated/α-hetero) is 1. The fraction of sp³-hybridized carbons (Fsp3) is 0.303. The van der Waals surface area contributed by atoms with E-state index in [1.807, 2.05) is 13.8 Å². The number of carbonyl (C=O) groups is 2. The summed E-state index contributed by atoms with van der Waals surface area (Å²) in [5.74, 6) is -0.210. The van der Waals surface area contributed by atoms with Crippen LogP contribution in [0, 0.1) is 0 Å². The summed E-state index contributed by atoms with van der Waals surface area (Å²) < 4.78 is 18.3. The Labute approximate surface area is 259 Å². The van der Waals surface area contributed by atoms with Crippen molar-refractivity contribution in [3.8, 4) is 17.2 Å². The van der Waals surface area contributed by atoms with Gasteiger partial charge in [0.1, 0.15) is 11.5 Å². The van der Waals surface area contributed by atoms with E-state index in [0.29, 0.717) is 63.9 Å². The second-order valence-electron chi connectivity index (χ2n) is 9.99. The molecule has 1 aliphatic heterocycles. The third-order valence-electron chi connectivity index (χ3n) is 6.93. The molecule has 1 aliphatic rings. The van der Waals surface area contributed by atoms with Gasteiger partial charge in [-0.25, -0.2) is 4.98 Å².